The van der Waals surface area contributed by atoms with E-state index in [1.807, 2.05) is 19.1 Å². The van der Waals surface area contributed by atoms with Gasteiger partial charge in [-0.25, -0.2) is 0 Å². The number of carbonyl (C=O) groups excluding carboxylic acids is 1. The third-order valence-corrected chi connectivity index (χ3v) is 2.98. The van der Waals surface area contributed by atoms with Crippen molar-refractivity contribution in [1.82, 2.24) is 0 Å². The van der Waals surface area contributed by atoms with Crippen LogP contribution in [0.25, 0.3) is 0 Å². The monoisotopic (exact) mass is 236 g/mol. The Morgan fingerprint density at radius 1 is 1.50 bits per heavy atom. The quantitative estimate of drug-likeness (QED) is 0.738. The van der Waals surface area contributed by atoms with Gasteiger partial charge in [-0.2, -0.15) is 0 Å². The number of carbonyl (C=O) groups is 1. The average molecular weight is 237 g/mol. The number of fused-ring (bicyclic) bond motifs is 1. The number of halogens is 1. The van der Waals surface area contributed by atoms with Gasteiger partial charge in [0.1, 0.15) is 6.54 Å². The largest absolute Gasteiger partial charge is 0.313 e. The van der Waals surface area contributed by atoms with Crippen LogP contribution in [0.15, 0.2) is 23.2 Å². The van der Waals surface area contributed by atoms with Crippen molar-refractivity contribution < 1.29 is 4.79 Å². The number of benzodiazepines with no additional fused rings is 1. The maximum absolute atomic E-state index is 11.7. The third kappa shape index (κ3) is 1.83. The number of aliphatic imine (C=N–C) groups is 1. The minimum absolute atomic E-state index is 0.00650. The molecule has 0 bridgehead atoms. The lowest BCUT2D eigenvalue weighted by atomic mass is 10.1. The minimum Gasteiger partial charge on any atom is -0.313 e. The molecule has 0 N–H and O–H groups in total. The molecule has 1 aromatic rings. The fourth-order valence-electron chi connectivity index (χ4n) is 1.82. The Labute approximate surface area is 99.7 Å². The molecular weight excluding hydrogens is 224 g/mol. The van der Waals surface area contributed by atoms with Crippen molar-refractivity contribution in [3.8, 4) is 0 Å². The fraction of sp³-hybridized carbons (Fsp3) is 0.333. The molecule has 0 spiro atoms. The van der Waals surface area contributed by atoms with Crippen molar-refractivity contribution in [2.24, 2.45) is 4.99 Å². The lowest BCUT2D eigenvalue weighted by molar-refractivity contribution is -0.116. The Bertz CT molecular complexity index is 468. The zero-order valence-corrected chi connectivity index (χ0v) is 10.1. The molecule has 2 rings (SSSR count). The molecule has 3 nitrogen and oxygen atoms in total. The van der Waals surface area contributed by atoms with E-state index in [-0.39, 0.29) is 12.5 Å². The van der Waals surface area contributed by atoms with Gasteiger partial charge in [-0.1, -0.05) is 18.5 Å². The molecule has 1 aliphatic heterocycles. The Morgan fingerprint density at radius 2 is 2.25 bits per heavy atom. The summed E-state index contributed by atoms with van der Waals surface area (Å²) in [5.41, 5.74) is 2.78. The van der Waals surface area contributed by atoms with Gasteiger partial charge in [-0.15, -0.1) is 0 Å². The van der Waals surface area contributed by atoms with E-state index >= 15 is 0 Å². The predicted molar refractivity (Wildman–Crippen MR) is 66.6 cm³/mol. The highest BCUT2D eigenvalue weighted by atomic mass is 35.5. The van der Waals surface area contributed by atoms with Crippen LogP contribution >= 0.6 is 11.6 Å². The van der Waals surface area contributed by atoms with Gasteiger partial charge in [-0.3, -0.25) is 9.79 Å². The number of nitrogens with zero attached hydrogens (tertiary/aromatic N) is 2. The number of hydrogen-bond donors (Lipinski definition) is 0. The molecule has 1 heterocycles. The molecular formula is C12H13ClN2O. The Hall–Kier alpha value is -1.35. The minimum atomic E-state index is 0.00650. The number of likely N-dealkylation sites (N-methyl/N-ethyl adjacent to an activating group) is 1. The van der Waals surface area contributed by atoms with Gasteiger partial charge in [0.05, 0.1) is 5.69 Å². The van der Waals surface area contributed by atoms with Gasteiger partial charge in [-0.05, 0) is 24.6 Å². The van der Waals surface area contributed by atoms with Crippen LogP contribution in [0.5, 0.6) is 0 Å². The zero-order chi connectivity index (χ0) is 11.7. The first-order chi connectivity index (χ1) is 7.63. The van der Waals surface area contributed by atoms with E-state index in [0.29, 0.717) is 5.02 Å². The predicted octanol–water partition coefficient (Wildman–Crippen LogP) is 2.52. The Balaban J connectivity index is 2.62. The van der Waals surface area contributed by atoms with Gasteiger partial charge in [0.15, 0.2) is 0 Å². The van der Waals surface area contributed by atoms with E-state index in [2.05, 4.69) is 4.99 Å². The Kier molecular flexibility index (Phi) is 2.97. The van der Waals surface area contributed by atoms with E-state index in [1.165, 1.54) is 0 Å². The van der Waals surface area contributed by atoms with E-state index in [1.54, 1.807) is 18.0 Å². The molecule has 1 aromatic carbocycles. The van der Waals surface area contributed by atoms with Crippen LogP contribution in [0.1, 0.15) is 18.9 Å². The third-order valence-electron chi connectivity index (χ3n) is 2.75. The first-order valence-electron chi connectivity index (χ1n) is 5.23. The van der Waals surface area contributed by atoms with Crippen LogP contribution in [0.4, 0.5) is 5.69 Å². The van der Waals surface area contributed by atoms with Crippen LogP contribution in [0, 0.1) is 0 Å². The summed E-state index contributed by atoms with van der Waals surface area (Å²) in [6.07, 6.45) is 0.800. The molecule has 16 heavy (non-hydrogen) atoms. The molecule has 0 radical (unpaired) electrons. The molecule has 0 saturated carbocycles. The van der Waals surface area contributed by atoms with Crippen LogP contribution < -0.4 is 4.90 Å². The SMILES string of the molecule is CCC1=NCC(=O)N(C)c2ccc(Cl)cc21. The highest BCUT2D eigenvalue weighted by Gasteiger charge is 2.20. The van der Waals surface area contributed by atoms with Crippen molar-refractivity contribution in [2.45, 2.75) is 13.3 Å². The second kappa shape index (κ2) is 4.26. The second-order valence-electron chi connectivity index (χ2n) is 3.73. The van der Waals surface area contributed by atoms with Crippen LogP contribution in [-0.2, 0) is 4.79 Å². The molecule has 0 fully saturated rings. The molecule has 4 heteroatoms. The highest BCUT2D eigenvalue weighted by molar-refractivity contribution is 6.31. The standard InChI is InChI=1S/C12H13ClN2O/c1-3-10-9-6-8(13)4-5-11(9)15(2)12(16)7-14-10/h4-6H,3,7H2,1-2H3. The van der Waals surface area contributed by atoms with Gasteiger partial charge >= 0.3 is 0 Å². The summed E-state index contributed by atoms with van der Waals surface area (Å²) in [6, 6.07) is 5.53. The molecule has 0 saturated heterocycles. The smallest absolute Gasteiger partial charge is 0.248 e. The van der Waals surface area contributed by atoms with Crippen LogP contribution in [0.3, 0.4) is 0 Å². The van der Waals surface area contributed by atoms with Gasteiger partial charge in [0, 0.05) is 23.3 Å². The summed E-state index contributed by atoms with van der Waals surface area (Å²) >= 11 is 5.98. The topological polar surface area (TPSA) is 32.7 Å². The molecule has 84 valence electrons. The van der Waals surface area contributed by atoms with E-state index in [4.69, 9.17) is 11.6 Å². The summed E-state index contributed by atoms with van der Waals surface area (Å²) < 4.78 is 0. The zero-order valence-electron chi connectivity index (χ0n) is 9.33. The second-order valence-corrected chi connectivity index (χ2v) is 4.17. The molecule has 0 aromatic heterocycles. The fourth-order valence-corrected chi connectivity index (χ4v) is 1.99. The molecule has 0 aliphatic carbocycles. The number of anilines is 1. The first-order valence-corrected chi connectivity index (χ1v) is 5.61. The van der Waals surface area contributed by atoms with Crippen molar-refractivity contribution in [1.29, 1.82) is 0 Å². The lowest BCUT2D eigenvalue weighted by Crippen LogP contribution is -2.27. The van der Waals surface area contributed by atoms with Gasteiger partial charge in [0.2, 0.25) is 5.91 Å². The number of hydrogen-bond acceptors (Lipinski definition) is 2. The summed E-state index contributed by atoms with van der Waals surface area (Å²) in [7, 11) is 1.77. The highest BCUT2D eigenvalue weighted by Crippen LogP contribution is 2.27. The van der Waals surface area contributed by atoms with E-state index in [9.17, 15) is 4.79 Å². The lowest BCUT2D eigenvalue weighted by Gasteiger charge is -2.17. The van der Waals surface area contributed by atoms with Crippen molar-refractivity contribution >= 4 is 28.9 Å². The summed E-state index contributed by atoms with van der Waals surface area (Å²) in [4.78, 5) is 17.7. The van der Waals surface area contributed by atoms with Crippen molar-refractivity contribution in [2.75, 3.05) is 18.5 Å². The van der Waals surface area contributed by atoms with E-state index in [0.717, 1.165) is 23.4 Å². The maximum atomic E-state index is 11.7. The van der Waals surface area contributed by atoms with E-state index < -0.39 is 0 Å². The van der Waals surface area contributed by atoms with Crippen molar-refractivity contribution in [3.05, 3.63) is 28.8 Å². The first kappa shape index (κ1) is 11.1. The van der Waals surface area contributed by atoms with Gasteiger partial charge in [0.25, 0.3) is 0 Å². The van der Waals surface area contributed by atoms with Crippen molar-refractivity contribution in [3.63, 3.8) is 0 Å². The average Bonchev–Trinajstić information content (AvgIpc) is 2.39. The Morgan fingerprint density at radius 3 is 2.94 bits per heavy atom. The number of amides is 1. The number of benzene rings is 1. The summed E-state index contributed by atoms with van der Waals surface area (Å²) in [5.74, 6) is 0.00650. The molecule has 1 aliphatic rings. The van der Waals surface area contributed by atoms with Crippen LogP contribution in [-0.4, -0.2) is 25.2 Å². The summed E-state index contributed by atoms with van der Waals surface area (Å²) in [6.45, 7) is 2.24. The summed E-state index contributed by atoms with van der Waals surface area (Å²) in [5, 5.41) is 0.669. The van der Waals surface area contributed by atoms with Crippen LogP contribution in [0.2, 0.25) is 5.02 Å². The molecule has 0 unspecified atom stereocenters. The van der Waals surface area contributed by atoms with Gasteiger partial charge < -0.3 is 4.90 Å². The maximum Gasteiger partial charge on any atom is 0.248 e. The molecule has 0 atom stereocenters. The molecule has 1 amide bonds. The number of rotatable bonds is 1. The normalized spacial score (nSPS) is 15.6.